The lowest BCUT2D eigenvalue weighted by Gasteiger charge is -1.95. The van der Waals surface area contributed by atoms with Crippen LogP contribution >= 0.6 is 15.9 Å². The van der Waals surface area contributed by atoms with Gasteiger partial charge >= 0.3 is 5.69 Å². The van der Waals surface area contributed by atoms with Gasteiger partial charge in [0, 0.05) is 35.7 Å². The Morgan fingerprint density at radius 2 is 2.29 bits per heavy atom. The van der Waals surface area contributed by atoms with E-state index in [1.807, 2.05) is 6.07 Å². The largest absolute Gasteiger partial charge is 0.325 e. The first-order chi connectivity index (χ1) is 6.66. The maximum atomic E-state index is 11.2. The fourth-order valence-electron chi connectivity index (χ4n) is 1.19. The highest BCUT2D eigenvalue weighted by atomic mass is 79.9. The van der Waals surface area contributed by atoms with E-state index in [4.69, 9.17) is 0 Å². The van der Waals surface area contributed by atoms with Gasteiger partial charge in [0.25, 0.3) is 0 Å². The summed E-state index contributed by atoms with van der Waals surface area (Å²) in [5.41, 5.74) is 1.53. The highest BCUT2D eigenvalue weighted by Crippen LogP contribution is 2.18. The average Bonchev–Trinajstić information content (AvgIpc) is 2.47. The Hall–Kier alpha value is -1.36. The van der Waals surface area contributed by atoms with Crippen molar-refractivity contribution < 1.29 is 0 Å². The Labute approximate surface area is 88.7 Å². The highest BCUT2D eigenvalue weighted by Gasteiger charge is 2.02. The van der Waals surface area contributed by atoms with Gasteiger partial charge in [-0.3, -0.25) is 4.98 Å². The van der Waals surface area contributed by atoms with E-state index in [0.717, 1.165) is 15.7 Å². The number of rotatable bonds is 1. The molecule has 0 saturated heterocycles. The van der Waals surface area contributed by atoms with Gasteiger partial charge in [0.2, 0.25) is 0 Å². The van der Waals surface area contributed by atoms with Crippen molar-refractivity contribution in [2.75, 3.05) is 0 Å². The van der Waals surface area contributed by atoms with E-state index in [1.165, 1.54) is 4.57 Å². The molecule has 0 atom stereocenters. The first-order valence-corrected chi connectivity index (χ1v) is 4.82. The molecular weight excluding hydrogens is 246 g/mol. The molecule has 2 aromatic heterocycles. The molecule has 0 amide bonds. The molecule has 2 rings (SSSR count). The zero-order chi connectivity index (χ0) is 10.1. The van der Waals surface area contributed by atoms with Crippen LogP contribution in [0, 0.1) is 0 Å². The maximum absolute atomic E-state index is 11.2. The van der Waals surface area contributed by atoms with Crippen molar-refractivity contribution in [3.8, 4) is 11.3 Å². The summed E-state index contributed by atoms with van der Waals surface area (Å²) in [4.78, 5) is 17.9. The lowest BCUT2D eigenvalue weighted by Crippen LogP contribution is -2.11. The minimum Gasteiger partial charge on any atom is -0.306 e. The molecule has 0 fully saturated rings. The number of hydrogen-bond acceptors (Lipinski definition) is 2. The van der Waals surface area contributed by atoms with Gasteiger partial charge in [0.15, 0.2) is 0 Å². The second kappa shape index (κ2) is 3.42. The van der Waals surface area contributed by atoms with Crippen LogP contribution in [0.25, 0.3) is 11.3 Å². The molecule has 1 N–H and O–H groups in total. The third-order valence-corrected chi connectivity index (χ3v) is 2.33. The summed E-state index contributed by atoms with van der Waals surface area (Å²) in [6.45, 7) is 0. The molecular formula is C9H8BrN3O. The van der Waals surface area contributed by atoms with Gasteiger partial charge in [-0.2, -0.15) is 0 Å². The van der Waals surface area contributed by atoms with E-state index in [2.05, 4.69) is 25.9 Å². The van der Waals surface area contributed by atoms with Crippen molar-refractivity contribution in [2.24, 2.45) is 7.05 Å². The standard InChI is InChI=1S/C9H8BrN3O/c1-13-5-8(12-9(13)14)6-2-7(10)4-11-3-6/h2-5H,1H3,(H,12,14). The molecule has 0 aliphatic rings. The summed E-state index contributed by atoms with van der Waals surface area (Å²) in [6, 6.07) is 1.90. The summed E-state index contributed by atoms with van der Waals surface area (Å²) < 4.78 is 2.38. The third-order valence-electron chi connectivity index (χ3n) is 1.90. The van der Waals surface area contributed by atoms with E-state index in [0.29, 0.717) is 0 Å². The van der Waals surface area contributed by atoms with Crippen LogP contribution in [-0.4, -0.2) is 14.5 Å². The van der Waals surface area contributed by atoms with Crippen LogP contribution < -0.4 is 5.69 Å². The van der Waals surface area contributed by atoms with E-state index < -0.39 is 0 Å². The number of aromatic nitrogens is 3. The lowest BCUT2D eigenvalue weighted by molar-refractivity contribution is 0.862. The van der Waals surface area contributed by atoms with Crippen molar-refractivity contribution >= 4 is 15.9 Å². The Bertz CT molecular complexity index is 515. The monoisotopic (exact) mass is 253 g/mol. The first kappa shape index (κ1) is 9.21. The van der Waals surface area contributed by atoms with Crippen molar-refractivity contribution in [3.05, 3.63) is 39.6 Å². The molecule has 0 aliphatic heterocycles. The van der Waals surface area contributed by atoms with Crippen molar-refractivity contribution in [2.45, 2.75) is 0 Å². The number of hydrogen-bond donors (Lipinski definition) is 1. The van der Waals surface area contributed by atoms with Crippen LogP contribution in [0.1, 0.15) is 0 Å². The minimum atomic E-state index is -0.125. The van der Waals surface area contributed by atoms with Crippen molar-refractivity contribution in [1.29, 1.82) is 0 Å². The number of H-pyrrole nitrogens is 1. The maximum Gasteiger partial charge on any atom is 0.325 e. The molecule has 0 bridgehead atoms. The Balaban J connectivity index is 2.54. The summed E-state index contributed by atoms with van der Waals surface area (Å²) in [6.07, 6.45) is 5.15. The number of pyridine rings is 1. The lowest BCUT2D eigenvalue weighted by atomic mass is 10.2. The zero-order valence-corrected chi connectivity index (χ0v) is 9.08. The Morgan fingerprint density at radius 1 is 1.50 bits per heavy atom. The summed E-state index contributed by atoms with van der Waals surface area (Å²) in [5, 5.41) is 0. The molecule has 4 nitrogen and oxygen atoms in total. The fraction of sp³-hybridized carbons (Fsp3) is 0.111. The molecule has 0 aliphatic carbocycles. The SMILES string of the molecule is Cn1cc(-c2cncc(Br)c2)[nH]c1=O. The second-order valence-corrected chi connectivity index (χ2v) is 3.89. The molecule has 0 unspecified atom stereocenters. The zero-order valence-electron chi connectivity index (χ0n) is 7.49. The molecule has 0 radical (unpaired) electrons. The van der Waals surface area contributed by atoms with E-state index in [1.54, 1.807) is 25.6 Å². The summed E-state index contributed by atoms with van der Waals surface area (Å²) >= 11 is 3.32. The van der Waals surface area contributed by atoms with Gasteiger partial charge in [-0.05, 0) is 22.0 Å². The minimum absolute atomic E-state index is 0.125. The molecule has 14 heavy (non-hydrogen) atoms. The second-order valence-electron chi connectivity index (χ2n) is 2.98. The predicted octanol–water partition coefficient (Wildman–Crippen LogP) is 1.54. The van der Waals surface area contributed by atoms with Crippen LogP contribution in [0.2, 0.25) is 0 Å². The van der Waals surface area contributed by atoms with Crippen molar-refractivity contribution in [3.63, 3.8) is 0 Å². The molecule has 72 valence electrons. The average molecular weight is 254 g/mol. The van der Waals surface area contributed by atoms with Gasteiger partial charge in [-0.1, -0.05) is 0 Å². The van der Waals surface area contributed by atoms with Gasteiger partial charge in [-0.25, -0.2) is 4.79 Å². The molecule has 0 saturated carbocycles. The topological polar surface area (TPSA) is 50.7 Å². The Morgan fingerprint density at radius 3 is 2.86 bits per heavy atom. The summed E-state index contributed by atoms with van der Waals surface area (Å²) in [7, 11) is 1.70. The van der Waals surface area contributed by atoms with Crippen LogP contribution in [-0.2, 0) is 7.05 Å². The number of aromatic amines is 1. The fourth-order valence-corrected chi connectivity index (χ4v) is 1.56. The van der Waals surface area contributed by atoms with E-state index in [9.17, 15) is 4.79 Å². The third kappa shape index (κ3) is 1.63. The van der Waals surface area contributed by atoms with Crippen molar-refractivity contribution in [1.82, 2.24) is 14.5 Å². The number of halogens is 1. The highest BCUT2D eigenvalue weighted by molar-refractivity contribution is 9.10. The van der Waals surface area contributed by atoms with Crippen LogP contribution in [0.3, 0.4) is 0 Å². The molecule has 2 aromatic rings. The molecule has 0 spiro atoms. The molecule has 2 heterocycles. The van der Waals surface area contributed by atoms with Gasteiger partial charge in [0.1, 0.15) is 0 Å². The van der Waals surface area contributed by atoms with Gasteiger partial charge < -0.3 is 9.55 Å². The quantitative estimate of drug-likeness (QED) is 0.839. The number of aryl methyl sites for hydroxylation is 1. The number of nitrogens with one attached hydrogen (secondary N) is 1. The smallest absolute Gasteiger partial charge is 0.306 e. The normalized spacial score (nSPS) is 10.4. The van der Waals surface area contributed by atoms with Crippen LogP contribution in [0.4, 0.5) is 0 Å². The van der Waals surface area contributed by atoms with E-state index in [-0.39, 0.29) is 5.69 Å². The van der Waals surface area contributed by atoms with E-state index >= 15 is 0 Å². The van der Waals surface area contributed by atoms with Gasteiger partial charge in [-0.15, -0.1) is 0 Å². The Kier molecular flexibility index (Phi) is 2.25. The van der Waals surface area contributed by atoms with Gasteiger partial charge in [0.05, 0.1) is 5.69 Å². The van der Waals surface area contributed by atoms with Crippen LogP contribution in [0.5, 0.6) is 0 Å². The number of imidazole rings is 1. The molecule has 0 aromatic carbocycles. The summed E-state index contributed by atoms with van der Waals surface area (Å²) in [5.74, 6) is 0. The predicted molar refractivity (Wildman–Crippen MR) is 57.0 cm³/mol. The first-order valence-electron chi connectivity index (χ1n) is 4.03. The number of nitrogens with zero attached hydrogens (tertiary/aromatic N) is 2. The van der Waals surface area contributed by atoms with Crippen LogP contribution in [0.15, 0.2) is 33.9 Å². The molecule has 5 heteroatoms.